The van der Waals surface area contributed by atoms with Crippen LogP contribution >= 0.6 is 0 Å². The molecule has 2 N–H and O–H groups in total. The molecule has 5 nitrogen and oxygen atoms in total. The summed E-state index contributed by atoms with van der Waals surface area (Å²) in [6, 6.07) is 6.45. The zero-order valence-corrected chi connectivity index (χ0v) is 8.47. The van der Waals surface area contributed by atoms with Crippen LogP contribution in [0.15, 0.2) is 28.8 Å². The third kappa shape index (κ3) is 1.52. The van der Waals surface area contributed by atoms with Gasteiger partial charge in [-0.05, 0) is 13.0 Å². The molecule has 0 aliphatic rings. The Balaban J connectivity index is 2.68. The minimum atomic E-state index is -1.21. The molecule has 16 heavy (non-hydrogen) atoms. The average molecular weight is 219 g/mol. The summed E-state index contributed by atoms with van der Waals surface area (Å²) >= 11 is 0. The second-order valence-corrected chi connectivity index (χ2v) is 3.29. The van der Waals surface area contributed by atoms with Gasteiger partial charge in [-0.25, -0.2) is 4.79 Å². The Kier molecular flexibility index (Phi) is 2.36. The number of aromatic carboxylic acids is 1. The van der Waals surface area contributed by atoms with Crippen LogP contribution in [0.2, 0.25) is 0 Å². The first-order valence-electron chi connectivity index (χ1n) is 4.59. The number of carboxylic acids is 1. The van der Waals surface area contributed by atoms with Gasteiger partial charge in [0.05, 0.1) is 11.3 Å². The van der Waals surface area contributed by atoms with E-state index in [0.717, 1.165) is 0 Å². The molecule has 1 aromatic heterocycles. The van der Waals surface area contributed by atoms with Crippen molar-refractivity contribution in [2.75, 3.05) is 0 Å². The molecule has 0 fully saturated rings. The van der Waals surface area contributed by atoms with Crippen LogP contribution in [0.1, 0.15) is 16.2 Å². The average Bonchev–Trinajstić information content (AvgIpc) is 2.61. The van der Waals surface area contributed by atoms with Gasteiger partial charge < -0.3 is 14.7 Å². The van der Waals surface area contributed by atoms with Crippen molar-refractivity contribution in [2.24, 2.45) is 0 Å². The third-order valence-electron chi connectivity index (χ3n) is 2.23. The van der Waals surface area contributed by atoms with E-state index < -0.39 is 5.97 Å². The fourth-order valence-electron chi connectivity index (χ4n) is 1.52. The van der Waals surface area contributed by atoms with E-state index in [4.69, 9.17) is 9.63 Å². The lowest BCUT2D eigenvalue weighted by atomic mass is 10.0. The first-order valence-corrected chi connectivity index (χ1v) is 4.59. The maximum Gasteiger partial charge on any atom is 0.375 e. The van der Waals surface area contributed by atoms with Crippen LogP contribution in [0, 0.1) is 6.92 Å². The standard InChI is InChI=1S/C11H9NO4/c1-6-9(10(11(14)15)16-12-6)7-4-2-3-5-8(7)13/h2-5,13H,1H3,(H,14,15). The second-order valence-electron chi connectivity index (χ2n) is 3.29. The molecule has 0 unspecified atom stereocenters. The summed E-state index contributed by atoms with van der Waals surface area (Å²) in [5.41, 5.74) is 1.14. The van der Waals surface area contributed by atoms with Crippen LogP contribution in [0.3, 0.4) is 0 Å². The van der Waals surface area contributed by atoms with Gasteiger partial charge in [-0.15, -0.1) is 0 Å². The highest BCUT2D eigenvalue weighted by Gasteiger charge is 2.22. The van der Waals surface area contributed by atoms with Gasteiger partial charge in [-0.1, -0.05) is 23.4 Å². The summed E-state index contributed by atoms with van der Waals surface area (Å²) in [4.78, 5) is 10.9. The molecule has 0 spiro atoms. The quantitative estimate of drug-likeness (QED) is 0.807. The number of carbonyl (C=O) groups is 1. The van der Waals surface area contributed by atoms with E-state index in [9.17, 15) is 9.90 Å². The van der Waals surface area contributed by atoms with Crippen molar-refractivity contribution in [3.05, 3.63) is 35.7 Å². The molecule has 0 bridgehead atoms. The van der Waals surface area contributed by atoms with E-state index in [0.29, 0.717) is 16.8 Å². The molecule has 0 radical (unpaired) electrons. The number of phenols is 1. The largest absolute Gasteiger partial charge is 0.507 e. The fourth-order valence-corrected chi connectivity index (χ4v) is 1.52. The molecule has 0 aliphatic carbocycles. The van der Waals surface area contributed by atoms with Crippen LogP contribution in [-0.2, 0) is 0 Å². The zero-order valence-electron chi connectivity index (χ0n) is 8.47. The van der Waals surface area contributed by atoms with Gasteiger partial charge >= 0.3 is 5.97 Å². The summed E-state index contributed by atoms with van der Waals surface area (Å²) in [6.45, 7) is 1.62. The Hall–Kier alpha value is -2.30. The van der Waals surface area contributed by atoms with Crippen molar-refractivity contribution < 1.29 is 19.5 Å². The number of carboxylic acid groups (broad SMARTS) is 1. The van der Waals surface area contributed by atoms with E-state index in [1.807, 2.05) is 0 Å². The fraction of sp³-hybridized carbons (Fsp3) is 0.0909. The molecule has 1 aromatic carbocycles. The van der Waals surface area contributed by atoms with Gasteiger partial charge in [0.25, 0.3) is 5.76 Å². The van der Waals surface area contributed by atoms with Crippen molar-refractivity contribution >= 4 is 5.97 Å². The number of aromatic hydroxyl groups is 1. The normalized spacial score (nSPS) is 10.3. The van der Waals surface area contributed by atoms with Crippen LogP contribution in [0.25, 0.3) is 11.1 Å². The third-order valence-corrected chi connectivity index (χ3v) is 2.23. The smallest absolute Gasteiger partial charge is 0.375 e. The van der Waals surface area contributed by atoms with Crippen molar-refractivity contribution in [3.8, 4) is 16.9 Å². The number of benzene rings is 1. The highest BCUT2D eigenvalue weighted by atomic mass is 16.5. The van der Waals surface area contributed by atoms with E-state index in [1.165, 1.54) is 6.07 Å². The predicted molar refractivity (Wildman–Crippen MR) is 55.3 cm³/mol. The number of nitrogens with zero attached hydrogens (tertiary/aromatic N) is 1. The molecule has 0 atom stereocenters. The summed E-state index contributed by atoms with van der Waals surface area (Å²) in [5, 5.41) is 22.2. The summed E-state index contributed by atoms with van der Waals surface area (Å²) in [7, 11) is 0. The Morgan fingerprint density at radius 3 is 2.69 bits per heavy atom. The molecule has 0 saturated carbocycles. The van der Waals surface area contributed by atoms with Gasteiger partial charge in [0, 0.05) is 5.56 Å². The molecule has 2 rings (SSSR count). The lowest BCUT2D eigenvalue weighted by Crippen LogP contribution is -1.96. The van der Waals surface area contributed by atoms with Crippen molar-refractivity contribution in [2.45, 2.75) is 6.92 Å². The van der Waals surface area contributed by atoms with Gasteiger partial charge in [-0.2, -0.15) is 0 Å². The molecule has 1 heterocycles. The van der Waals surface area contributed by atoms with Gasteiger partial charge in [0.1, 0.15) is 5.75 Å². The topological polar surface area (TPSA) is 83.6 Å². The van der Waals surface area contributed by atoms with Gasteiger partial charge in [-0.3, -0.25) is 0 Å². The Morgan fingerprint density at radius 1 is 1.38 bits per heavy atom. The summed E-state index contributed by atoms with van der Waals surface area (Å²) in [6.07, 6.45) is 0. The zero-order chi connectivity index (χ0) is 11.7. The van der Waals surface area contributed by atoms with E-state index >= 15 is 0 Å². The van der Waals surface area contributed by atoms with E-state index in [-0.39, 0.29) is 11.5 Å². The second kappa shape index (κ2) is 3.69. The highest BCUT2D eigenvalue weighted by Crippen LogP contribution is 2.33. The SMILES string of the molecule is Cc1noc(C(=O)O)c1-c1ccccc1O. The number of aryl methyl sites for hydroxylation is 1. The van der Waals surface area contributed by atoms with Crippen LogP contribution in [0.4, 0.5) is 0 Å². The molecule has 0 saturated heterocycles. The predicted octanol–water partition coefficient (Wildman–Crippen LogP) is 2.05. The maximum atomic E-state index is 10.9. The number of rotatable bonds is 2. The van der Waals surface area contributed by atoms with Gasteiger partial charge in [0.15, 0.2) is 0 Å². The summed E-state index contributed by atoms with van der Waals surface area (Å²) in [5.74, 6) is -1.48. The Labute approximate surface area is 90.9 Å². The number of phenolic OH excluding ortho intramolecular Hbond substituents is 1. The van der Waals surface area contributed by atoms with Crippen LogP contribution in [0.5, 0.6) is 5.75 Å². The van der Waals surface area contributed by atoms with Crippen LogP contribution < -0.4 is 0 Å². The molecular weight excluding hydrogens is 210 g/mol. The lowest BCUT2D eigenvalue weighted by molar-refractivity contribution is 0.0653. The molecule has 82 valence electrons. The number of para-hydroxylation sites is 1. The van der Waals surface area contributed by atoms with Gasteiger partial charge in [0.2, 0.25) is 0 Å². The first-order chi connectivity index (χ1) is 7.61. The van der Waals surface area contributed by atoms with Crippen molar-refractivity contribution in [1.82, 2.24) is 5.16 Å². The maximum absolute atomic E-state index is 10.9. The molecule has 2 aromatic rings. The van der Waals surface area contributed by atoms with E-state index in [1.54, 1.807) is 25.1 Å². The number of hydrogen-bond acceptors (Lipinski definition) is 4. The monoisotopic (exact) mass is 219 g/mol. The Bertz CT molecular complexity index is 545. The van der Waals surface area contributed by atoms with Crippen molar-refractivity contribution in [1.29, 1.82) is 0 Å². The van der Waals surface area contributed by atoms with Crippen LogP contribution in [-0.4, -0.2) is 21.3 Å². The molecule has 5 heteroatoms. The number of aromatic nitrogens is 1. The number of hydrogen-bond donors (Lipinski definition) is 2. The molecule has 0 amide bonds. The molecular formula is C11H9NO4. The minimum absolute atomic E-state index is 0.00343. The minimum Gasteiger partial charge on any atom is -0.507 e. The highest BCUT2D eigenvalue weighted by molar-refractivity contribution is 5.94. The summed E-state index contributed by atoms with van der Waals surface area (Å²) < 4.78 is 4.71. The van der Waals surface area contributed by atoms with E-state index in [2.05, 4.69) is 5.16 Å². The van der Waals surface area contributed by atoms with Crippen molar-refractivity contribution in [3.63, 3.8) is 0 Å². The first kappa shape index (κ1) is 10.2. The lowest BCUT2D eigenvalue weighted by Gasteiger charge is -2.02. The Morgan fingerprint density at radius 2 is 2.06 bits per heavy atom. The molecule has 0 aliphatic heterocycles.